The van der Waals surface area contributed by atoms with E-state index in [1.807, 2.05) is 4.90 Å². The Bertz CT molecular complexity index is 620. The van der Waals surface area contributed by atoms with Crippen LogP contribution in [0.2, 0.25) is 0 Å². The molecule has 3 heterocycles. The van der Waals surface area contributed by atoms with E-state index in [9.17, 15) is 4.79 Å². The monoisotopic (exact) mass is 307 g/mol. The van der Waals surface area contributed by atoms with Crippen LogP contribution in [0.5, 0.6) is 0 Å². The highest BCUT2D eigenvalue weighted by molar-refractivity contribution is 7.99. The Hall–Kier alpha value is -1.14. The van der Waals surface area contributed by atoms with E-state index < -0.39 is 0 Å². The van der Waals surface area contributed by atoms with Gasteiger partial charge in [0, 0.05) is 35.5 Å². The highest BCUT2D eigenvalue weighted by Gasteiger charge is 2.17. The summed E-state index contributed by atoms with van der Waals surface area (Å²) in [4.78, 5) is 24.9. The van der Waals surface area contributed by atoms with E-state index in [0.717, 1.165) is 46.9 Å². The second-order valence-electron chi connectivity index (χ2n) is 4.94. The molecule has 0 bridgehead atoms. The number of carbonyl (C=O) groups is 1. The van der Waals surface area contributed by atoms with Crippen LogP contribution >= 0.6 is 23.1 Å². The minimum atomic E-state index is 0.279. The quantitative estimate of drug-likeness (QED) is 0.643. The van der Waals surface area contributed by atoms with Gasteiger partial charge in [0.1, 0.15) is 16.2 Å². The van der Waals surface area contributed by atoms with Crippen LogP contribution in [0.15, 0.2) is 17.4 Å². The van der Waals surface area contributed by atoms with Crippen molar-refractivity contribution in [1.82, 2.24) is 14.9 Å². The fraction of sp³-hybridized carbons (Fsp3) is 0.500. The zero-order valence-electron chi connectivity index (χ0n) is 11.5. The number of aryl methyl sites for hydroxylation is 1. The molecule has 0 aromatic carbocycles. The topological polar surface area (TPSA) is 46.1 Å². The smallest absolute Gasteiger partial charge is 0.223 e. The lowest BCUT2D eigenvalue weighted by Crippen LogP contribution is -2.27. The average molecular weight is 307 g/mol. The molecule has 0 atom stereocenters. The van der Waals surface area contributed by atoms with Crippen LogP contribution < -0.4 is 0 Å². The van der Waals surface area contributed by atoms with E-state index in [2.05, 4.69) is 23.0 Å². The third kappa shape index (κ3) is 2.96. The van der Waals surface area contributed by atoms with Crippen LogP contribution in [-0.4, -0.2) is 39.6 Å². The fourth-order valence-corrected chi connectivity index (χ4v) is 4.24. The SMILES string of the molecule is Cc1cc2c(SCCC(=O)N3CCCC3)ncnc2s1. The second kappa shape index (κ2) is 6.10. The zero-order chi connectivity index (χ0) is 13.9. The van der Waals surface area contributed by atoms with Crippen LogP contribution in [0.25, 0.3) is 10.2 Å². The average Bonchev–Trinajstić information content (AvgIpc) is 3.06. The molecule has 3 rings (SSSR count). The van der Waals surface area contributed by atoms with Gasteiger partial charge in [-0.3, -0.25) is 4.79 Å². The molecule has 1 fully saturated rings. The van der Waals surface area contributed by atoms with Crippen molar-refractivity contribution in [2.24, 2.45) is 0 Å². The Balaban J connectivity index is 1.61. The number of aromatic nitrogens is 2. The van der Waals surface area contributed by atoms with Crippen LogP contribution in [0.1, 0.15) is 24.1 Å². The number of thioether (sulfide) groups is 1. The zero-order valence-corrected chi connectivity index (χ0v) is 13.1. The van der Waals surface area contributed by atoms with E-state index >= 15 is 0 Å². The van der Waals surface area contributed by atoms with Gasteiger partial charge in [0.25, 0.3) is 0 Å². The van der Waals surface area contributed by atoms with Crippen molar-refractivity contribution in [3.05, 3.63) is 17.3 Å². The molecule has 1 aliphatic heterocycles. The molecule has 0 unspecified atom stereocenters. The summed E-state index contributed by atoms with van der Waals surface area (Å²) < 4.78 is 0. The summed E-state index contributed by atoms with van der Waals surface area (Å²) in [6.45, 7) is 3.95. The van der Waals surface area contributed by atoms with Crippen molar-refractivity contribution < 1.29 is 4.79 Å². The molecule has 2 aromatic heterocycles. The predicted octanol–water partition coefficient (Wildman–Crippen LogP) is 3.10. The molecule has 6 heteroatoms. The van der Waals surface area contributed by atoms with Crippen LogP contribution in [0.4, 0.5) is 0 Å². The van der Waals surface area contributed by atoms with Gasteiger partial charge in [-0.1, -0.05) is 0 Å². The van der Waals surface area contributed by atoms with Crippen LogP contribution in [0.3, 0.4) is 0 Å². The standard InChI is InChI=1S/C14H17N3OS2/c1-10-8-11-13(15-9-16-14(11)20-10)19-7-4-12(18)17-5-2-3-6-17/h8-9H,2-7H2,1H3. The first-order valence-corrected chi connectivity index (χ1v) is 8.66. The van der Waals surface area contributed by atoms with Crippen LogP contribution in [0, 0.1) is 6.92 Å². The summed E-state index contributed by atoms with van der Waals surface area (Å²) in [5.41, 5.74) is 0. The number of carbonyl (C=O) groups excluding carboxylic acids is 1. The minimum Gasteiger partial charge on any atom is -0.343 e. The second-order valence-corrected chi connectivity index (χ2v) is 7.26. The highest BCUT2D eigenvalue weighted by atomic mass is 32.2. The third-order valence-corrected chi connectivity index (χ3v) is 5.40. The molecule has 1 saturated heterocycles. The molecule has 2 aromatic rings. The number of hydrogen-bond donors (Lipinski definition) is 0. The molecule has 1 amide bonds. The lowest BCUT2D eigenvalue weighted by Gasteiger charge is -2.14. The molecule has 106 valence electrons. The van der Waals surface area contributed by atoms with E-state index in [1.165, 1.54) is 4.88 Å². The Kier molecular flexibility index (Phi) is 4.21. The molecule has 4 nitrogen and oxygen atoms in total. The van der Waals surface area contributed by atoms with Crippen molar-refractivity contribution in [2.75, 3.05) is 18.8 Å². The van der Waals surface area contributed by atoms with Crippen molar-refractivity contribution in [1.29, 1.82) is 0 Å². The van der Waals surface area contributed by atoms with Gasteiger partial charge >= 0.3 is 0 Å². The molecule has 20 heavy (non-hydrogen) atoms. The lowest BCUT2D eigenvalue weighted by molar-refractivity contribution is -0.129. The summed E-state index contributed by atoms with van der Waals surface area (Å²) in [5, 5.41) is 2.11. The fourth-order valence-electron chi connectivity index (χ4n) is 2.43. The summed E-state index contributed by atoms with van der Waals surface area (Å²) in [7, 11) is 0. The number of amides is 1. The Morgan fingerprint density at radius 2 is 2.20 bits per heavy atom. The van der Waals surface area contributed by atoms with Crippen molar-refractivity contribution in [3.8, 4) is 0 Å². The Labute approximate surface area is 126 Å². The number of likely N-dealkylation sites (tertiary alicyclic amines) is 1. The van der Waals surface area contributed by atoms with Gasteiger partial charge in [-0.05, 0) is 25.8 Å². The summed E-state index contributed by atoms with van der Waals surface area (Å²) in [5.74, 6) is 1.07. The number of nitrogens with zero attached hydrogens (tertiary/aromatic N) is 3. The summed E-state index contributed by atoms with van der Waals surface area (Å²) in [6, 6.07) is 2.13. The first-order valence-electron chi connectivity index (χ1n) is 6.86. The number of thiophene rings is 1. The van der Waals surface area contributed by atoms with Gasteiger partial charge in [-0.15, -0.1) is 23.1 Å². The molecular formula is C14H17N3OS2. The maximum absolute atomic E-state index is 12.0. The summed E-state index contributed by atoms with van der Waals surface area (Å²) in [6.07, 6.45) is 4.52. The molecule has 0 aliphatic carbocycles. The molecule has 1 aliphatic rings. The normalized spacial score (nSPS) is 15.2. The highest BCUT2D eigenvalue weighted by Crippen LogP contribution is 2.30. The maximum atomic E-state index is 12.0. The van der Waals surface area contributed by atoms with Crippen LogP contribution in [-0.2, 0) is 4.79 Å². The number of fused-ring (bicyclic) bond motifs is 1. The van der Waals surface area contributed by atoms with Gasteiger partial charge in [-0.2, -0.15) is 0 Å². The van der Waals surface area contributed by atoms with E-state index in [-0.39, 0.29) is 5.91 Å². The predicted molar refractivity (Wildman–Crippen MR) is 83.3 cm³/mol. The third-order valence-electron chi connectivity index (χ3n) is 3.43. The number of rotatable bonds is 4. The van der Waals surface area contributed by atoms with E-state index in [0.29, 0.717) is 6.42 Å². The van der Waals surface area contributed by atoms with E-state index in [4.69, 9.17) is 0 Å². The summed E-state index contributed by atoms with van der Waals surface area (Å²) >= 11 is 3.35. The van der Waals surface area contributed by atoms with Gasteiger partial charge in [-0.25, -0.2) is 9.97 Å². The Morgan fingerprint density at radius 3 is 3.00 bits per heavy atom. The maximum Gasteiger partial charge on any atom is 0.223 e. The minimum absolute atomic E-state index is 0.279. The van der Waals surface area contributed by atoms with Gasteiger partial charge in [0.15, 0.2) is 0 Å². The van der Waals surface area contributed by atoms with E-state index in [1.54, 1.807) is 29.4 Å². The molecule has 0 saturated carbocycles. The van der Waals surface area contributed by atoms with Gasteiger partial charge < -0.3 is 4.90 Å². The lowest BCUT2D eigenvalue weighted by atomic mass is 10.4. The van der Waals surface area contributed by atoms with Crippen molar-refractivity contribution >= 4 is 39.2 Å². The molecule has 0 spiro atoms. The van der Waals surface area contributed by atoms with Crippen molar-refractivity contribution in [2.45, 2.75) is 31.2 Å². The largest absolute Gasteiger partial charge is 0.343 e. The van der Waals surface area contributed by atoms with Gasteiger partial charge in [0.05, 0.1) is 0 Å². The van der Waals surface area contributed by atoms with Crippen molar-refractivity contribution in [3.63, 3.8) is 0 Å². The molecule has 0 N–H and O–H groups in total. The first-order chi connectivity index (χ1) is 9.74. The number of hydrogen-bond acceptors (Lipinski definition) is 5. The first kappa shape index (κ1) is 13.8. The Morgan fingerprint density at radius 1 is 1.40 bits per heavy atom. The molecular weight excluding hydrogens is 290 g/mol. The van der Waals surface area contributed by atoms with Gasteiger partial charge in [0.2, 0.25) is 5.91 Å². The molecule has 0 radical (unpaired) electrons.